The number of nitrogens with one attached hydrogen (secondary N) is 1. The van der Waals surface area contributed by atoms with Crippen LogP contribution in [0.1, 0.15) is 46.5 Å². The van der Waals surface area contributed by atoms with Gasteiger partial charge in [-0.2, -0.15) is 5.26 Å². The predicted octanol–water partition coefficient (Wildman–Crippen LogP) is 2.14. The fourth-order valence-electron chi connectivity index (χ4n) is 1.21. The Bertz CT molecular complexity index is 329. The van der Waals surface area contributed by atoms with Gasteiger partial charge in [-0.1, -0.05) is 0 Å². The Balaban J connectivity index is 3.39. The Labute approximate surface area is 114 Å². The molecule has 19 heavy (non-hydrogen) atoms. The zero-order valence-corrected chi connectivity index (χ0v) is 11.8. The number of rotatable bonds is 7. The monoisotopic (exact) mass is 270 g/mol. The van der Waals surface area contributed by atoms with E-state index in [1.807, 2.05) is 20.8 Å². The van der Waals surface area contributed by atoms with Gasteiger partial charge < -0.3 is 14.8 Å². The van der Waals surface area contributed by atoms with Crippen LogP contribution in [0.4, 0.5) is 4.79 Å². The van der Waals surface area contributed by atoms with E-state index in [1.165, 1.54) is 0 Å². The highest BCUT2D eigenvalue weighted by Gasteiger charge is 2.15. The third-order valence-electron chi connectivity index (χ3n) is 1.98. The lowest BCUT2D eigenvalue weighted by molar-refractivity contribution is -0.142. The number of alkyl carbamates (subject to hydrolysis) is 1. The van der Waals surface area contributed by atoms with E-state index in [4.69, 9.17) is 14.7 Å². The Kier molecular flexibility index (Phi) is 8.34. The summed E-state index contributed by atoms with van der Waals surface area (Å²) < 4.78 is 9.88. The van der Waals surface area contributed by atoms with Crippen LogP contribution >= 0.6 is 0 Å². The third kappa shape index (κ3) is 12.5. The van der Waals surface area contributed by atoms with Crippen LogP contribution < -0.4 is 5.32 Å². The van der Waals surface area contributed by atoms with Crippen molar-refractivity contribution in [3.05, 3.63) is 0 Å². The standard InChI is InChI=1S/C13H22N2O4/c1-13(2,3)19-12(17)15-9-5-4-6-10-18-11(16)7-8-14/h4-7,9-10H2,1-3H3,(H,15,17). The van der Waals surface area contributed by atoms with Gasteiger partial charge in [-0.15, -0.1) is 0 Å². The zero-order valence-electron chi connectivity index (χ0n) is 11.8. The summed E-state index contributed by atoms with van der Waals surface area (Å²) in [4.78, 5) is 22.1. The first-order chi connectivity index (χ1) is 8.85. The minimum atomic E-state index is -0.491. The number of esters is 1. The molecule has 0 heterocycles. The number of ether oxygens (including phenoxy) is 2. The Hall–Kier alpha value is -1.77. The molecule has 0 spiro atoms. The van der Waals surface area contributed by atoms with E-state index < -0.39 is 17.7 Å². The summed E-state index contributed by atoms with van der Waals surface area (Å²) in [6.45, 7) is 6.26. The largest absolute Gasteiger partial charge is 0.465 e. The summed E-state index contributed by atoms with van der Waals surface area (Å²) >= 11 is 0. The van der Waals surface area contributed by atoms with E-state index in [2.05, 4.69) is 5.32 Å². The van der Waals surface area contributed by atoms with Crippen molar-refractivity contribution < 1.29 is 19.1 Å². The van der Waals surface area contributed by atoms with Gasteiger partial charge >= 0.3 is 12.1 Å². The predicted molar refractivity (Wildman–Crippen MR) is 69.3 cm³/mol. The molecule has 0 aliphatic carbocycles. The number of nitrogens with zero attached hydrogens (tertiary/aromatic N) is 1. The maximum atomic E-state index is 11.3. The lowest BCUT2D eigenvalue weighted by atomic mass is 10.2. The number of hydrogen-bond acceptors (Lipinski definition) is 5. The van der Waals surface area contributed by atoms with Gasteiger partial charge in [-0.25, -0.2) is 4.79 Å². The molecule has 0 aromatic heterocycles. The third-order valence-corrected chi connectivity index (χ3v) is 1.98. The van der Waals surface area contributed by atoms with Crippen LogP contribution in [0.3, 0.4) is 0 Å². The van der Waals surface area contributed by atoms with E-state index in [9.17, 15) is 9.59 Å². The molecule has 0 bridgehead atoms. The zero-order chi connectivity index (χ0) is 14.7. The van der Waals surface area contributed by atoms with Crippen LogP contribution in [0.5, 0.6) is 0 Å². The van der Waals surface area contributed by atoms with Crippen LogP contribution in [0.15, 0.2) is 0 Å². The van der Waals surface area contributed by atoms with Gasteiger partial charge in [0.2, 0.25) is 0 Å². The number of hydrogen-bond donors (Lipinski definition) is 1. The second-order valence-corrected chi connectivity index (χ2v) is 5.04. The molecule has 0 aliphatic heterocycles. The van der Waals surface area contributed by atoms with E-state index in [-0.39, 0.29) is 6.42 Å². The molecule has 0 rings (SSSR count). The Morgan fingerprint density at radius 2 is 1.89 bits per heavy atom. The van der Waals surface area contributed by atoms with Crippen molar-refractivity contribution in [2.45, 2.75) is 52.1 Å². The number of unbranched alkanes of at least 4 members (excludes halogenated alkanes) is 2. The molecule has 108 valence electrons. The van der Waals surface area contributed by atoms with Crippen molar-refractivity contribution in [1.82, 2.24) is 5.32 Å². The van der Waals surface area contributed by atoms with E-state index in [1.54, 1.807) is 6.07 Å². The van der Waals surface area contributed by atoms with Gasteiger partial charge in [0.1, 0.15) is 12.0 Å². The maximum Gasteiger partial charge on any atom is 0.407 e. The first-order valence-corrected chi connectivity index (χ1v) is 6.34. The maximum absolute atomic E-state index is 11.3. The lowest BCUT2D eigenvalue weighted by Gasteiger charge is -2.19. The molecule has 0 radical (unpaired) electrons. The van der Waals surface area contributed by atoms with Crippen LogP contribution in [0.2, 0.25) is 0 Å². The van der Waals surface area contributed by atoms with Crippen LogP contribution in [-0.2, 0) is 14.3 Å². The molecule has 0 aromatic carbocycles. The molecule has 6 nitrogen and oxygen atoms in total. The normalized spacial score (nSPS) is 10.4. The van der Waals surface area contributed by atoms with Crippen LogP contribution in [0, 0.1) is 11.3 Å². The molecule has 0 atom stereocenters. The van der Waals surface area contributed by atoms with Crippen LogP contribution in [0.25, 0.3) is 0 Å². The fourth-order valence-corrected chi connectivity index (χ4v) is 1.21. The van der Waals surface area contributed by atoms with Gasteiger partial charge in [0.15, 0.2) is 0 Å². The number of nitriles is 1. The highest BCUT2D eigenvalue weighted by Crippen LogP contribution is 2.06. The van der Waals surface area contributed by atoms with Crippen molar-refractivity contribution in [2.24, 2.45) is 0 Å². The molecule has 6 heteroatoms. The summed E-state index contributed by atoms with van der Waals surface area (Å²) in [5.41, 5.74) is -0.487. The first kappa shape index (κ1) is 17.2. The summed E-state index contributed by atoms with van der Waals surface area (Å²) in [5.74, 6) is -0.491. The molecular formula is C13H22N2O4. The summed E-state index contributed by atoms with van der Waals surface area (Å²) in [6, 6.07) is 1.72. The average molecular weight is 270 g/mol. The van der Waals surface area contributed by atoms with Gasteiger partial charge in [0, 0.05) is 6.54 Å². The molecule has 0 aliphatic rings. The Morgan fingerprint density at radius 1 is 1.21 bits per heavy atom. The highest BCUT2D eigenvalue weighted by molar-refractivity contribution is 5.71. The van der Waals surface area contributed by atoms with E-state index >= 15 is 0 Å². The smallest absolute Gasteiger partial charge is 0.407 e. The van der Waals surface area contributed by atoms with Gasteiger partial charge in [0.25, 0.3) is 0 Å². The quantitative estimate of drug-likeness (QED) is 0.565. The molecule has 1 N–H and O–H groups in total. The minimum Gasteiger partial charge on any atom is -0.465 e. The van der Waals surface area contributed by atoms with Gasteiger partial charge in [-0.3, -0.25) is 4.79 Å². The number of carbonyl (C=O) groups is 2. The Morgan fingerprint density at radius 3 is 2.47 bits per heavy atom. The second-order valence-electron chi connectivity index (χ2n) is 5.04. The second kappa shape index (κ2) is 9.20. The van der Waals surface area contributed by atoms with Crippen LogP contribution in [-0.4, -0.2) is 30.8 Å². The summed E-state index contributed by atoms with van der Waals surface area (Å²) in [7, 11) is 0. The minimum absolute atomic E-state index is 0.208. The molecule has 0 saturated heterocycles. The number of carbonyl (C=O) groups excluding carboxylic acids is 2. The molecule has 0 aromatic rings. The van der Waals surface area contributed by atoms with Crippen molar-refractivity contribution in [2.75, 3.05) is 13.2 Å². The molecular weight excluding hydrogens is 248 g/mol. The van der Waals surface area contributed by atoms with E-state index in [0.717, 1.165) is 12.8 Å². The van der Waals surface area contributed by atoms with Gasteiger partial charge in [0.05, 0.1) is 12.7 Å². The highest BCUT2D eigenvalue weighted by atomic mass is 16.6. The van der Waals surface area contributed by atoms with Crippen molar-refractivity contribution >= 4 is 12.1 Å². The first-order valence-electron chi connectivity index (χ1n) is 6.34. The summed E-state index contributed by atoms with van der Waals surface area (Å²) in [5, 5.41) is 10.9. The van der Waals surface area contributed by atoms with Crippen molar-refractivity contribution in [3.63, 3.8) is 0 Å². The van der Waals surface area contributed by atoms with Crippen molar-refractivity contribution in [1.29, 1.82) is 5.26 Å². The van der Waals surface area contributed by atoms with Gasteiger partial charge in [-0.05, 0) is 40.0 Å². The fraction of sp³-hybridized carbons (Fsp3) is 0.769. The van der Waals surface area contributed by atoms with E-state index in [0.29, 0.717) is 19.6 Å². The molecule has 1 amide bonds. The molecule has 0 fully saturated rings. The lowest BCUT2D eigenvalue weighted by Crippen LogP contribution is -2.33. The van der Waals surface area contributed by atoms with Crippen molar-refractivity contribution in [3.8, 4) is 6.07 Å². The summed E-state index contributed by atoms with van der Waals surface area (Å²) in [6.07, 6.45) is 1.70. The number of amides is 1. The topological polar surface area (TPSA) is 88.4 Å². The average Bonchev–Trinajstić information content (AvgIpc) is 2.25. The molecule has 0 unspecified atom stereocenters. The SMILES string of the molecule is CC(C)(C)OC(=O)NCCCCCOC(=O)CC#N. The molecule has 0 saturated carbocycles.